The number of hydrogen-bond donors (Lipinski definition) is 0. The zero-order chi connectivity index (χ0) is 48.8. The van der Waals surface area contributed by atoms with Crippen LogP contribution in [0, 0.1) is 0 Å². The number of fused-ring (bicyclic) bond motifs is 12. The largest absolute Gasteiger partial charge is 0.456 e. The molecule has 0 fully saturated rings. The number of para-hydroxylation sites is 7. The number of aromatic nitrogens is 6. The number of furan rings is 1. The van der Waals surface area contributed by atoms with Gasteiger partial charge in [0.05, 0.1) is 55.3 Å². The van der Waals surface area contributed by atoms with E-state index in [0.29, 0.717) is 16.8 Å². The Bertz CT molecular complexity index is 4520. The van der Waals surface area contributed by atoms with Gasteiger partial charge in [0.2, 0.25) is 11.9 Å². The van der Waals surface area contributed by atoms with Crippen molar-refractivity contribution in [2.45, 2.75) is 0 Å². The highest BCUT2D eigenvalue weighted by molar-refractivity contribution is 6.15. The molecule has 7 nitrogen and oxygen atoms in total. The van der Waals surface area contributed by atoms with E-state index in [1.54, 1.807) is 0 Å². The Morgan fingerprint density at radius 3 is 1.41 bits per heavy atom. The lowest BCUT2D eigenvalue weighted by Crippen LogP contribution is -2.11. The van der Waals surface area contributed by atoms with Gasteiger partial charge in [0.15, 0.2) is 5.82 Å². The minimum absolute atomic E-state index is 0.0896. The van der Waals surface area contributed by atoms with E-state index >= 15 is 0 Å². The normalized spacial score (nSPS) is 13.8. The third-order valence-corrected chi connectivity index (χ3v) is 12.4. The van der Waals surface area contributed by atoms with E-state index in [1.807, 2.05) is 132 Å². The van der Waals surface area contributed by atoms with Crippen molar-refractivity contribution < 1.29 is 15.4 Å². The van der Waals surface area contributed by atoms with Crippen molar-refractivity contribution in [3.05, 3.63) is 206 Å². The molecule has 0 aliphatic carbocycles. The van der Waals surface area contributed by atoms with Crippen molar-refractivity contribution >= 4 is 87.4 Å². The minimum atomic E-state index is -0.553. The molecule has 0 radical (unpaired) electrons. The van der Waals surface area contributed by atoms with Gasteiger partial charge in [-0.15, -0.1) is 0 Å². The summed E-state index contributed by atoms with van der Waals surface area (Å²) in [5, 5.41) is 5.53. The molecule has 0 saturated carbocycles. The van der Waals surface area contributed by atoms with Crippen molar-refractivity contribution in [1.82, 2.24) is 28.7 Å². The van der Waals surface area contributed by atoms with Crippen LogP contribution in [0.3, 0.4) is 0 Å². The highest BCUT2D eigenvalue weighted by Crippen LogP contribution is 2.45. The van der Waals surface area contributed by atoms with Crippen LogP contribution in [0.4, 0.5) is 0 Å². The highest BCUT2D eigenvalue weighted by atomic mass is 16.3. The average molecular weight is 827 g/mol. The zero-order valence-electron chi connectivity index (χ0n) is 41.6. The lowest BCUT2D eigenvalue weighted by atomic mass is 9.93. The molecule has 0 atom stereocenters. The fraction of sp³-hybridized carbons (Fsp3) is 0. The Morgan fingerprint density at radius 1 is 0.359 bits per heavy atom. The molecule has 0 N–H and O–H groups in total. The van der Waals surface area contributed by atoms with Crippen molar-refractivity contribution in [2.24, 2.45) is 0 Å². The summed E-state index contributed by atoms with van der Waals surface area (Å²) in [7, 11) is 0. The second kappa shape index (κ2) is 13.3. The van der Waals surface area contributed by atoms with E-state index in [9.17, 15) is 5.48 Å². The predicted molar refractivity (Wildman–Crippen MR) is 261 cm³/mol. The molecule has 7 heteroatoms. The summed E-state index contributed by atoms with van der Waals surface area (Å²) in [6, 6.07) is 48.1. The molecule has 0 saturated heterocycles. The Balaban J connectivity index is 1.21. The first-order chi connectivity index (χ1) is 35.1. The molecule has 0 amide bonds. The van der Waals surface area contributed by atoms with Crippen molar-refractivity contribution in [3.63, 3.8) is 0 Å². The quantitative estimate of drug-likeness (QED) is 0.173. The standard InChI is InChI=1S/C57H34N6O/c1-8-26-44-35(17-1)36-18-2-9-27-45(36)61(44)50-32-15-24-42(41-25-16-34-52-53(41)43-23-7-14-33-51(43)64-52)54(50)55-58-56(62-46-28-10-3-19-37(46)38-20-4-11-29-47(38)62)60-57(59-55)63-48-30-12-5-21-39(48)40-22-6-13-31-49(40)63/h1-34H/i3D,4D,10D,11D,19D,20D,28D,29D. The molecule has 9 aromatic carbocycles. The topological polar surface area (TPSA) is 66.6 Å². The second-order valence-corrected chi connectivity index (χ2v) is 15.8. The van der Waals surface area contributed by atoms with Gasteiger partial charge in [0.25, 0.3) is 0 Å². The molecule has 5 heterocycles. The molecular weight excluding hydrogens is 785 g/mol. The third-order valence-electron chi connectivity index (χ3n) is 12.4. The van der Waals surface area contributed by atoms with Crippen LogP contribution in [-0.2, 0) is 0 Å². The lowest BCUT2D eigenvalue weighted by Gasteiger charge is -2.19. The molecule has 298 valence electrons. The summed E-state index contributed by atoms with van der Waals surface area (Å²) in [5.41, 5.74) is 7.44. The highest BCUT2D eigenvalue weighted by Gasteiger charge is 2.26. The summed E-state index contributed by atoms with van der Waals surface area (Å²) in [6.07, 6.45) is 0. The fourth-order valence-electron chi connectivity index (χ4n) is 9.79. The minimum Gasteiger partial charge on any atom is -0.456 e. The maximum Gasteiger partial charge on any atom is 0.240 e. The van der Waals surface area contributed by atoms with Gasteiger partial charge in [-0.05, 0) is 65.7 Å². The number of hydrogen-bond acceptors (Lipinski definition) is 4. The van der Waals surface area contributed by atoms with E-state index in [2.05, 4.69) is 34.9 Å². The monoisotopic (exact) mass is 826 g/mol. The predicted octanol–water partition coefficient (Wildman–Crippen LogP) is 14.4. The SMILES string of the molecule is [2H]c1c([2H])c([2H])c2c(c1[2H])c1c([2H])c([2H])c([2H])c([2H])c1n2-c1nc(-c2c(-c3cccc4oc5ccccc5c34)cccc2-n2c3ccccc3c3ccccc32)nc(-n2c3ccccc3c3ccccc32)n1. The van der Waals surface area contributed by atoms with E-state index in [-0.39, 0.29) is 39.5 Å². The van der Waals surface area contributed by atoms with Gasteiger partial charge in [-0.1, -0.05) is 152 Å². The van der Waals surface area contributed by atoms with Crippen molar-refractivity contribution in [2.75, 3.05) is 0 Å². The van der Waals surface area contributed by atoms with Gasteiger partial charge in [0.1, 0.15) is 11.2 Å². The van der Waals surface area contributed by atoms with Crippen LogP contribution >= 0.6 is 0 Å². The maximum atomic E-state index is 9.46. The van der Waals surface area contributed by atoms with Gasteiger partial charge >= 0.3 is 0 Å². The van der Waals surface area contributed by atoms with Crippen LogP contribution in [0.1, 0.15) is 11.0 Å². The zero-order valence-corrected chi connectivity index (χ0v) is 33.6. The Morgan fingerprint density at radius 2 is 0.812 bits per heavy atom. The van der Waals surface area contributed by atoms with Crippen LogP contribution in [0.15, 0.2) is 210 Å². The summed E-state index contributed by atoms with van der Waals surface area (Å²) in [5.74, 6) is 0.187. The van der Waals surface area contributed by atoms with Crippen molar-refractivity contribution in [3.8, 4) is 40.1 Å². The average Bonchev–Trinajstić information content (AvgIpc) is 4.18. The smallest absolute Gasteiger partial charge is 0.240 e. The Labute approximate surface area is 376 Å². The Hall–Kier alpha value is -8.81. The van der Waals surface area contributed by atoms with Gasteiger partial charge in [-0.2, -0.15) is 15.0 Å². The van der Waals surface area contributed by atoms with Gasteiger partial charge in [-0.3, -0.25) is 9.13 Å². The number of rotatable bonds is 5. The molecule has 64 heavy (non-hydrogen) atoms. The van der Waals surface area contributed by atoms with Crippen molar-refractivity contribution in [1.29, 1.82) is 0 Å². The van der Waals surface area contributed by atoms with Crippen LogP contribution in [0.2, 0.25) is 0 Å². The van der Waals surface area contributed by atoms with E-state index in [0.717, 1.165) is 71.1 Å². The summed E-state index contributed by atoms with van der Waals surface area (Å²) in [4.78, 5) is 16.1. The molecule has 0 bridgehead atoms. The second-order valence-electron chi connectivity index (χ2n) is 15.8. The fourth-order valence-corrected chi connectivity index (χ4v) is 9.79. The van der Waals surface area contributed by atoms with Crippen LogP contribution in [0.25, 0.3) is 127 Å². The molecule has 0 aliphatic rings. The molecule has 14 rings (SSSR count). The molecule has 14 aromatic rings. The molecule has 0 unspecified atom stereocenters. The summed E-state index contributed by atoms with van der Waals surface area (Å²) < 4.78 is 84.8. The van der Waals surface area contributed by atoms with Gasteiger partial charge < -0.3 is 8.98 Å². The van der Waals surface area contributed by atoms with Gasteiger partial charge in [0, 0.05) is 43.1 Å². The first-order valence-electron chi connectivity index (χ1n) is 24.9. The van der Waals surface area contributed by atoms with E-state index < -0.39 is 48.3 Å². The summed E-state index contributed by atoms with van der Waals surface area (Å²) in [6.45, 7) is 0. The van der Waals surface area contributed by atoms with E-state index in [4.69, 9.17) is 24.9 Å². The Kier molecular flexibility index (Phi) is 5.82. The van der Waals surface area contributed by atoms with Crippen LogP contribution in [0.5, 0.6) is 0 Å². The van der Waals surface area contributed by atoms with E-state index in [1.165, 1.54) is 4.57 Å². The molecule has 0 aliphatic heterocycles. The summed E-state index contributed by atoms with van der Waals surface area (Å²) >= 11 is 0. The van der Waals surface area contributed by atoms with Crippen LogP contribution in [-0.4, -0.2) is 28.7 Å². The number of benzene rings is 9. The first-order valence-corrected chi connectivity index (χ1v) is 20.9. The first kappa shape index (κ1) is 27.9. The maximum absolute atomic E-state index is 9.46. The third kappa shape index (κ3) is 4.89. The molecular formula is C57H34N6O. The van der Waals surface area contributed by atoms with Crippen LogP contribution < -0.4 is 0 Å². The lowest BCUT2D eigenvalue weighted by molar-refractivity contribution is 0.669. The number of nitrogens with zero attached hydrogens (tertiary/aromatic N) is 6. The molecule has 0 spiro atoms. The molecule has 5 aromatic heterocycles. The van der Waals surface area contributed by atoms with Gasteiger partial charge in [-0.25, -0.2) is 0 Å².